The number of hydrogen-bond acceptors (Lipinski definition) is 16. The normalized spacial score (nSPS) is 28.9. The van der Waals surface area contributed by atoms with E-state index in [1.807, 2.05) is 69.2 Å². The predicted octanol–water partition coefficient (Wildman–Crippen LogP) is 2.64. The highest BCUT2D eigenvalue weighted by atomic mass is 16.6. The number of nitrogens with one attached hydrogen (secondary N) is 4. The van der Waals surface area contributed by atoms with Crippen molar-refractivity contribution in [3.63, 3.8) is 0 Å². The number of likely N-dealkylation sites (tertiary alicyclic amines) is 1. The van der Waals surface area contributed by atoms with Crippen molar-refractivity contribution in [1.29, 1.82) is 0 Å². The van der Waals surface area contributed by atoms with Crippen molar-refractivity contribution in [3.05, 3.63) is 0 Å². The van der Waals surface area contributed by atoms with Gasteiger partial charge in [0.25, 0.3) is 5.91 Å². The number of likely N-dealkylation sites (N-methyl/N-ethyl adjacent to an activating group) is 6. The first-order valence-electron chi connectivity index (χ1n) is 34.3. The number of rotatable bonds is 18. The Morgan fingerprint density at radius 1 is 0.468 bits per heavy atom. The fraction of sp³-hybridized carbons (Fsp3) is 0.838. The SMILES string of the molecule is CC(C)C[C@H]1NC(=O)[C@H](CC(C)C)N(C)C(=O)CN(C)C(=O)[C@H](C(C)O)NC(=O)[C@H](C(O)[C@H](C)CCN2CC3CCC(C2)O3)N(C)C(=O)[C@@H](C(C)C)N(C)C(=O)[C@@H](CC(C)C)NC(=O)[C@H](CC(C)C)N(C)C(=O)[C@@H](C(C)C)OC(=O)[C@H](C)NC(=O)[C@H](CC(C)C)N(C)C1=O. The smallest absolute Gasteiger partial charge is 0.329 e. The Morgan fingerprint density at radius 3 is 1.31 bits per heavy atom. The van der Waals surface area contributed by atoms with E-state index in [2.05, 4.69) is 26.2 Å². The topological polar surface area (TPSA) is 317 Å². The summed E-state index contributed by atoms with van der Waals surface area (Å²) >= 11 is 0. The van der Waals surface area contributed by atoms with Gasteiger partial charge in [-0.15, -0.1) is 0 Å². The number of esters is 1. The Morgan fingerprint density at radius 2 is 0.883 bits per heavy atom. The third-order valence-corrected chi connectivity index (χ3v) is 18.3. The van der Waals surface area contributed by atoms with Crippen LogP contribution in [-0.2, 0) is 62.2 Å². The van der Waals surface area contributed by atoms with E-state index in [-0.39, 0.29) is 73.9 Å². The molecule has 3 saturated heterocycles. The largest absolute Gasteiger partial charge is 0.450 e. The predicted molar refractivity (Wildman–Crippen MR) is 356 cm³/mol. The molecule has 0 aromatic carbocycles. The fourth-order valence-electron chi connectivity index (χ4n) is 12.8. The average molecular weight is 1330 g/mol. The summed E-state index contributed by atoms with van der Waals surface area (Å²) in [6, 6.07) is -12.3. The zero-order valence-corrected chi connectivity index (χ0v) is 61.0. The lowest BCUT2D eigenvalue weighted by Crippen LogP contribution is -2.64. The van der Waals surface area contributed by atoms with Crippen LogP contribution in [0.1, 0.15) is 169 Å². The van der Waals surface area contributed by atoms with E-state index in [0.717, 1.165) is 27.5 Å². The summed E-state index contributed by atoms with van der Waals surface area (Å²) < 4.78 is 12.0. The number of aliphatic hydroxyl groups is 2. The zero-order valence-electron chi connectivity index (χ0n) is 61.0. The van der Waals surface area contributed by atoms with Gasteiger partial charge in [0.15, 0.2) is 6.10 Å². The number of morpholine rings is 1. The van der Waals surface area contributed by atoms with Gasteiger partial charge in [0, 0.05) is 55.4 Å². The van der Waals surface area contributed by atoms with E-state index in [9.17, 15) is 48.6 Å². The van der Waals surface area contributed by atoms with E-state index in [0.29, 0.717) is 26.1 Å². The summed E-state index contributed by atoms with van der Waals surface area (Å²) in [5.41, 5.74) is 0. The van der Waals surface area contributed by atoms with E-state index in [1.54, 1.807) is 34.6 Å². The van der Waals surface area contributed by atoms with Crippen molar-refractivity contribution in [2.24, 2.45) is 47.3 Å². The monoisotopic (exact) mass is 1330 g/mol. The molecule has 3 aliphatic rings. The maximum Gasteiger partial charge on any atom is 0.329 e. The number of ether oxygens (including phenoxy) is 2. The van der Waals surface area contributed by atoms with Crippen LogP contribution in [0.3, 0.4) is 0 Å². The highest BCUT2D eigenvalue weighted by molar-refractivity contribution is 5.99. The maximum absolute atomic E-state index is 15.4. The minimum Gasteiger partial charge on any atom is -0.450 e. The average Bonchev–Trinajstić information content (AvgIpc) is 0.994. The maximum atomic E-state index is 15.4. The second-order valence-corrected chi connectivity index (χ2v) is 30.0. The van der Waals surface area contributed by atoms with E-state index in [1.165, 1.54) is 70.8 Å². The van der Waals surface area contributed by atoms with Gasteiger partial charge in [-0.3, -0.25) is 52.8 Å². The first-order valence-corrected chi connectivity index (χ1v) is 34.3. The number of amides is 10. The zero-order chi connectivity index (χ0) is 71.8. The van der Waals surface area contributed by atoms with Crippen LogP contribution in [0, 0.1) is 47.3 Å². The lowest BCUT2D eigenvalue weighted by Gasteiger charge is -2.40. The number of carbonyl (C=O) groups is 11. The molecule has 3 heterocycles. The number of cyclic esters (lactones) is 1. The Kier molecular flexibility index (Phi) is 32.3. The van der Waals surface area contributed by atoms with Crippen LogP contribution >= 0.6 is 0 Å². The van der Waals surface area contributed by atoms with Gasteiger partial charge in [0.1, 0.15) is 54.4 Å². The second kappa shape index (κ2) is 36.9. The molecule has 4 unspecified atom stereocenters. The molecule has 0 aromatic heterocycles. The molecular formula is C68H121N11O15. The van der Waals surface area contributed by atoms with Gasteiger partial charge in [-0.2, -0.15) is 0 Å². The molecule has 10 amide bonds. The summed E-state index contributed by atoms with van der Waals surface area (Å²) in [4.78, 5) is 171. The molecular weight excluding hydrogens is 1210 g/mol. The van der Waals surface area contributed by atoms with Crippen LogP contribution in [-0.4, -0.2) is 263 Å². The first-order chi connectivity index (χ1) is 43.5. The highest BCUT2D eigenvalue weighted by Gasteiger charge is 2.46. The fourth-order valence-corrected chi connectivity index (χ4v) is 12.8. The molecule has 26 heteroatoms. The molecule has 2 bridgehead atoms. The van der Waals surface area contributed by atoms with Gasteiger partial charge in [-0.25, -0.2) is 4.79 Å². The van der Waals surface area contributed by atoms with Crippen molar-refractivity contribution in [2.45, 2.75) is 254 Å². The summed E-state index contributed by atoms with van der Waals surface area (Å²) in [6.45, 7) is 30.8. The van der Waals surface area contributed by atoms with Crippen LogP contribution in [0.15, 0.2) is 0 Å². The van der Waals surface area contributed by atoms with Crippen molar-refractivity contribution in [2.75, 3.05) is 68.5 Å². The summed E-state index contributed by atoms with van der Waals surface area (Å²) in [7, 11) is 8.20. The molecule has 3 aliphatic heterocycles. The Balaban J connectivity index is 2.32. The van der Waals surface area contributed by atoms with Crippen LogP contribution in [0.2, 0.25) is 0 Å². The van der Waals surface area contributed by atoms with Gasteiger partial charge >= 0.3 is 5.97 Å². The van der Waals surface area contributed by atoms with Crippen molar-refractivity contribution in [3.8, 4) is 0 Å². The first kappa shape index (κ1) is 82.2. The third-order valence-electron chi connectivity index (χ3n) is 18.3. The van der Waals surface area contributed by atoms with Crippen LogP contribution in [0.4, 0.5) is 0 Å². The molecule has 0 aliphatic carbocycles. The van der Waals surface area contributed by atoms with Crippen molar-refractivity contribution < 1.29 is 72.4 Å². The summed E-state index contributed by atoms with van der Waals surface area (Å²) in [5.74, 6) is -11.5. The Labute approximate surface area is 560 Å². The number of hydrogen-bond donors (Lipinski definition) is 6. The van der Waals surface area contributed by atoms with Crippen molar-refractivity contribution >= 4 is 65.0 Å². The molecule has 0 aromatic rings. The van der Waals surface area contributed by atoms with Crippen LogP contribution < -0.4 is 21.3 Å². The second-order valence-electron chi connectivity index (χ2n) is 30.0. The summed E-state index contributed by atoms with van der Waals surface area (Å²) in [6.07, 6.45) is -1.75. The van der Waals surface area contributed by atoms with E-state index < -0.39 is 162 Å². The number of aliphatic hydroxyl groups excluding tert-OH is 2. The summed E-state index contributed by atoms with van der Waals surface area (Å²) in [5, 5.41) is 34.9. The minimum absolute atomic E-state index is 0.0800. The molecule has 0 radical (unpaired) electrons. The third kappa shape index (κ3) is 23.1. The molecule has 3 rings (SSSR count). The number of fused-ring (bicyclic) bond motifs is 2. The van der Waals surface area contributed by atoms with Crippen molar-refractivity contribution in [1.82, 2.24) is 55.6 Å². The molecule has 0 saturated carbocycles. The Hall–Kier alpha value is -5.99. The van der Waals surface area contributed by atoms with Gasteiger partial charge in [0.2, 0.25) is 53.2 Å². The lowest BCUT2D eigenvalue weighted by molar-refractivity contribution is -0.166. The van der Waals surface area contributed by atoms with Gasteiger partial charge in [-0.05, 0) is 119 Å². The molecule has 15 atom stereocenters. The number of nitrogens with zero attached hydrogens (tertiary/aromatic N) is 7. The molecule has 6 N–H and O–H groups in total. The molecule has 3 fully saturated rings. The number of carbonyl (C=O) groups excluding carboxylic acids is 11. The van der Waals surface area contributed by atoms with Gasteiger partial charge in [-0.1, -0.05) is 104 Å². The molecule has 26 nitrogen and oxygen atoms in total. The minimum atomic E-state index is -1.76. The molecule has 538 valence electrons. The lowest BCUT2D eigenvalue weighted by atomic mass is 9.91. The quantitative estimate of drug-likeness (QED) is 0.108. The van der Waals surface area contributed by atoms with Crippen LogP contribution in [0.5, 0.6) is 0 Å². The standard InChI is InChI=1S/C68H121N11O15/c1-36(2)28-48-63(87)75(20)51(31-39(7)8)59(83)69-44(16)68(92)94-58(42(13)14)67(91)76(21)52(32-40(9)10)61(85)71-49(29-37(3)4)64(88)77(22)55(41(11)12)66(90)78(23)56(57(82)43(15)26-27-79-33-46-24-25-47(34-79)93-46)62(86)72-54(45(17)80)65(89)73(18)35-53(81)74(19)50(30-38(5)6)60(84)70-48/h36-52,54-58,80,82H,24-35H2,1-23H3,(H,69,83)(H,70,84)(H,71,85)(H,72,86)/t43-,44+,45?,46?,47?,48-,49-,50+,51+,52+,54+,55-,56+,57?,58-/m1/s1. The van der Waals surface area contributed by atoms with Gasteiger partial charge in [0.05, 0.1) is 31.0 Å². The van der Waals surface area contributed by atoms with E-state index in [4.69, 9.17) is 9.47 Å². The molecule has 0 spiro atoms. The molecule has 94 heavy (non-hydrogen) atoms. The van der Waals surface area contributed by atoms with Gasteiger partial charge < -0.3 is 70.4 Å². The van der Waals surface area contributed by atoms with E-state index >= 15 is 14.4 Å². The Bertz CT molecular complexity index is 2570. The van der Waals surface area contributed by atoms with Crippen LogP contribution in [0.25, 0.3) is 0 Å². The highest BCUT2D eigenvalue weighted by Crippen LogP contribution is 2.29.